The van der Waals surface area contributed by atoms with E-state index in [1.807, 2.05) is 84.6 Å². The summed E-state index contributed by atoms with van der Waals surface area (Å²) in [5, 5.41) is 2.05. The monoisotopic (exact) mass is 437 g/mol. The molecule has 1 aliphatic heterocycles. The van der Waals surface area contributed by atoms with Crippen molar-refractivity contribution in [3.63, 3.8) is 0 Å². The second kappa shape index (κ2) is 9.37. The van der Waals surface area contributed by atoms with Crippen molar-refractivity contribution in [2.75, 3.05) is 13.2 Å². The van der Waals surface area contributed by atoms with Crippen molar-refractivity contribution in [1.82, 2.24) is 4.90 Å². The van der Waals surface area contributed by atoms with Crippen molar-refractivity contribution in [3.05, 3.63) is 108 Å². The molecule has 1 atom stereocenters. The summed E-state index contributed by atoms with van der Waals surface area (Å²) >= 11 is 0. The van der Waals surface area contributed by atoms with Gasteiger partial charge in [-0.25, -0.2) is 0 Å². The maximum absolute atomic E-state index is 13.8. The van der Waals surface area contributed by atoms with Crippen LogP contribution in [0.5, 0.6) is 11.5 Å². The van der Waals surface area contributed by atoms with Gasteiger partial charge in [0.1, 0.15) is 18.1 Å². The van der Waals surface area contributed by atoms with Crippen molar-refractivity contribution in [2.24, 2.45) is 0 Å². The number of hydrogen-bond donors (Lipinski definition) is 0. The van der Waals surface area contributed by atoms with Crippen molar-refractivity contribution in [2.45, 2.75) is 25.9 Å². The molecule has 0 bridgehead atoms. The number of rotatable bonds is 6. The Bertz CT molecular complexity index is 1260. The Morgan fingerprint density at radius 3 is 2.27 bits per heavy atom. The highest BCUT2D eigenvalue weighted by molar-refractivity contribution is 6.07. The summed E-state index contributed by atoms with van der Waals surface area (Å²) < 4.78 is 11.7. The van der Waals surface area contributed by atoms with E-state index in [-0.39, 0.29) is 11.9 Å². The SMILES string of the molecule is CCOc1ccc(OCC2Cc3ccccc3CN2C(=O)c2cccc3ccccc23)cc1. The van der Waals surface area contributed by atoms with Crippen molar-refractivity contribution in [3.8, 4) is 11.5 Å². The Hall–Kier alpha value is -3.79. The first-order valence-corrected chi connectivity index (χ1v) is 11.4. The molecule has 0 aromatic heterocycles. The van der Waals surface area contributed by atoms with E-state index in [1.54, 1.807) is 0 Å². The smallest absolute Gasteiger partial charge is 0.255 e. The number of amides is 1. The normalized spacial score (nSPS) is 15.2. The van der Waals surface area contributed by atoms with E-state index in [1.165, 1.54) is 11.1 Å². The average molecular weight is 438 g/mol. The zero-order valence-corrected chi connectivity index (χ0v) is 18.7. The number of nitrogens with zero attached hydrogens (tertiary/aromatic N) is 1. The third-order valence-corrected chi connectivity index (χ3v) is 6.21. The molecule has 1 heterocycles. The first-order valence-electron chi connectivity index (χ1n) is 11.4. The summed E-state index contributed by atoms with van der Waals surface area (Å²) in [6.45, 7) is 3.61. The van der Waals surface area contributed by atoms with Gasteiger partial charge in [0.2, 0.25) is 0 Å². The van der Waals surface area contributed by atoms with Crippen LogP contribution in [0.15, 0.2) is 91.0 Å². The molecule has 0 radical (unpaired) electrons. The molecule has 4 aromatic carbocycles. The van der Waals surface area contributed by atoms with E-state index in [9.17, 15) is 4.79 Å². The molecule has 0 aliphatic carbocycles. The highest BCUT2D eigenvalue weighted by atomic mass is 16.5. The minimum absolute atomic E-state index is 0.0431. The van der Waals surface area contributed by atoms with Crippen molar-refractivity contribution in [1.29, 1.82) is 0 Å². The van der Waals surface area contributed by atoms with Gasteiger partial charge in [-0.15, -0.1) is 0 Å². The number of carbonyl (C=O) groups excluding carboxylic acids is 1. The fraction of sp³-hybridized carbons (Fsp3) is 0.207. The number of hydrogen-bond acceptors (Lipinski definition) is 3. The third kappa shape index (κ3) is 4.42. The van der Waals surface area contributed by atoms with Crippen LogP contribution in [0.3, 0.4) is 0 Å². The van der Waals surface area contributed by atoms with Crippen LogP contribution in [0.1, 0.15) is 28.4 Å². The summed E-state index contributed by atoms with van der Waals surface area (Å²) in [5.74, 6) is 1.64. The molecule has 1 amide bonds. The van der Waals surface area contributed by atoms with Crippen LogP contribution in [0, 0.1) is 0 Å². The Morgan fingerprint density at radius 1 is 0.818 bits per heavy atom. The predicted molar refractivity (Wildman–Crippen MR) is 131 cm³/mol. The largest absolute Gasteiger partial charge is 0.494 e. The highest BCUT2D eigenvalue weighted by Crippen LogP contribution is 2.28. The van der Waals surface area contributed by atoms with E-state index >= 15 is 0 Å². The summed E-state index contributed by atoms with van der Waals surface area (Å²) in [7, 11) is 0. The molecular weight excluding hydrogens is 410 g/mol. The minimum Gasteiger partial charge on any atom is -0.494 e. The van der Waals surface area contributed by atoms with E-state index in [0.717, 1.165) is 34.3 Å². The summed E-state index contributed by atoms with van der Waals surface area (Å²) in [6.07, 6.45) is 0.768. The van der Waals surface area contributed by atoms with Crippen molar-refractivity contribution < 1.29 is 14.3 Å². The highest BCUT2D eigenvalue weighted by Gasteiger charge is 2.31. The van der Waals surface area contributed by atoms with Crippen molar-refractivity contribution >= 4 is 16.7 Å². The number of carbonyl (C=O) groups is 1. The molecule has 4 nitrogen and oxygen atoms in total. The number of benzene rings is 4. The number of fused-ring (bicyclic) bond motifs is 2. The first kappa shape index (κ1) is 21.1. The van der Waals surface area contributed by atoms with Crippen LogP contribution in [0.2, 0.25) is 0 Å². The van der Waals surface area contributed by atoms with Gasteiger partial charge < -0.3 is 14.4 Å². The van der Waals surface area contributed by atoms with Gasteiger partial charge in [-0.05, 0) is 65.6 Å². The lowest BCUT2D eigenvalue weighted by Gasteiger charge is -2.37. The van der Waals surface area contributed by atoms with E-state index in [4.69, 9.17) is 9.47 Å². The predicted octanol–water partition coefficient (Wildman–Crippen LogP) is 5.88. The Kier molecular flexibility index (Phi) is 5.99. The fourth-order valence-corrected chi connectivity index (χ4v) is 4.53. The van der Waals surface area contributed by atoms with Crippen LogP contribution in [-0.2, 0) is 13.0 Å². The molecule has 0 fully saturated rings. The molecule has 0 saturated carbocycles. The fourth-order valence-electron chi connectivity index (χ4n) is 4.53. The molecule has 166 valence electrons. The van der Waals surface area contributed by atoms with Gasteiger partial charge in [0.15, 0.2) is 0 Å². The molecular formula is C29H27NO3. The first-order chi connectivity index (χ1) is 16.2. The third-order valence-electron chi connectivity index (χ3n) is 6.21. The lowest BCUT2D eigenvalue weighted by molar-refractivity contribution is 0.0568. The van der Waals surface area contributed by atoms with Crippen LogP contribution in [0.4, 0.5) is 0 Å². The summed E-state index contributed by atoms with van der Waals surface area (Å²) in [6, 6.07) is 29.9. The van der Waals surface area contributed by atoms with Crippen LogP contribution < -0.4 is 9.47 Å². The zero-order chi connectivity index (χ0) is 22.6. The molecule has 0 saturated heterocycles. The molecule has 5 rings (SSSR count). The Balaban J connectivity index is 1.42. The number of ether oxygens (including phenoxy) is 2. The standard InChI is InChI=1S/C29H27NO3/c1-2-32-25-14-16-26(17-15-25)33-20-24-18-22-9-3-4-10-23(22)19-30(24)29(31)28-13-7-11-21-8-5-6-12-27(21)28/h3-17,24H,2,18-20H2,1H3. The van der Waals surface area contributed by atoms with E-state index < -0.39 is 0 Å². The van der Waals surface area contributed by atoms with Gasteiger partial charge in [0.25, 0.3) is 5.91 Å². The molecule has 4 heteroatoms. The Morgan fingerprint density at radius 2 is 1.48 bits per heavy atom. The maximum Gasteiger partial charge on any atom is 0.255 e. The van der Waals surface area contributed by atoms with Crippen LogP contribution in [0.25, 0.3) is 10.8 Å². The van der Waals surface area contributed by atoms with Gasteiger partial charge in [-0.3, -0.25) is 4.79 Å². The minimum atomic E-state index is -0.0575. The lowest BCUT2D eigenvalue weighted by atomic mass is 9.93. The summed E-state index contributed by atoms with van der Waals surface area (Å²) in [5.41, 5.74) is 3.21. The van der Waals surface area contributed by atoms with Gasteiger partial charge in [-0.2, -0.15) is 0 Å². The van der Waals surface area contributed by atoms with Crippen LogP contribution in [-0.4, -0.2) is 30.1 Å². The van der Waals surface area contributed by atoms with Gasteiger partial charge >= 0.3 is 0 Å². The van der Waals surface area contributed by atoms with Gasteiger partial charge in [0.05, 0.1) is 12.6 Å². The molecule has 0 N–H and O–H groups in total. The second-order valence-corrected chi connectivity index (χ2v) is 8.30. The quantitative estimate of drug-likeness (QED) is 0.378. The average Bonchev–Trinajstić information content (AvgIpc) is 2.87. The lowest BCUT2D eigenvalue weighted by Crippen LogP contribution is -2.47. The maximum atomic E-state index is 13.8. The molecule has 1 unspecified atom stereocenters. The van der Waals surface area contributed by atoms with Crippen LogP contribution >= 0.6 is 0 Å². The molecule has 33 heavy (non-hydrogen) atoms. The van der Waals surface area contributed by atoms with E-state index in [2.05, 4.69) is 18.2 Å². The summed E-state index contributed by atoms with van der Waals surface area (Å²) in [4.78, 5) is 15.8. The zero-order valence-electron chi connectivity index (χ0n) is 18.7. The second-order valence-electron chi connectivity index (χ2n) is 8.30. The van der Waals surface area contributed by atoms with Gasteiger partial charge in [0, 0.05) is 12.1 Å². The van der Waals surface area contributed by atoms with E-state index in [0.29, 0.717) is 19.8 Å². The van der Waals surface area contributed by atoms with Gasteiger partial charge in [-0.1, -0.05) is 60.7 Å². The topological polar surface area (TPSA) is 38.8 Å². The Labute approximate surface area is 194 Å². The molecule has 0 spiro atoms. The molecule has 1 aliphatic rings. The molecule has 4 aromatic rings.